The number of nitrogens with zero attached hydrogens (tertiary/aromatic N) is 2. The zero-order chi connectivity index (χ0) is 17.4. The van der Waals surface area contributed by atoms with Crippen LogP contribution in [0.3, 0.4) is 0 Å². The molecule has 0 heterocycles. The number of rotatable bonds is 2. The molecule has 0 saturated heterocycles. The summed E-state index contributed by atoms with van der Waals surface area (Å²) < 4.78 is 0. The van der Waals surface area contributed by atoms with E-state index >= 15 is 0 Å². The fraction of sp³-hybridized carbons (Fsp3) is 0. The number of nitrogen functional groups attached to an aromatic ring is 1. The van der Waals surface area contributed by atoms with Gasteiger partial charge in [0.2, 0.25) is 0 Å². The largest absolute Gasteiger partial charge is 0.507 e. The fourth-order valence-electron chi connectivity index (χ4n) is 2.93. The third-order valence-electron chi connectivity index (χ3n) is 4.18. The van der Waals surface area contributed by atoms with Crippen molar-refractivity contribution in [1.29, 1.82) is 0 Å². The lowest BCUT2D eigenvalue weighted by Gasteiger charge is -2.07. The van der Waals surface area contributed by atoms with Crippen molar-refractivity contribution in [2.24, 2.45) is 10.2 Å². The van der Waals surface area contributed by atoms with Crippen molar-refractivity contribution in [3.8, 4) is 11.5 Å². The van der Waals surface area contributed by atoms with Gasteiger partial charge in [-0.15, -0.1) is 10.2 Å². The number of azo groups is 1. The van der Waals surface area contributed by atoms with Crippen LogP contribution in [0, 0.1) is 0 Å². The predicted octanol–water partition coefficient (Wildman–Crippen LogP) is 5.40. The lowest BCUT2D eigenvalue weighted by Crippen LogP contribution is -1.86. The minimum atomic E-state index is 0.0323. The maximum Gasteiger partial charge on any atom is 0.143 e. The molecule has 4 N–H and O–H groups in total. The van der Waals surface area contributed by atoms with Crippen LogP contribution in [-0.2, 0) is 0 Å². The maximum atomic E-state index is 10.2. The molecule has 0 radical (unpaired) electrons. The second kappa shape index (κ2) is 5.79. The van der Waals surface area contributed by atoms with Gasteiger partial charge in [0.05, 0.1) is 5.69 Å². The lowest BCUT2D eigenvalue weighted by molar-refractivity contribution is 0.477. The smallest absolute Gasteiger partial charge is 0.143 e. The highest BCUT2D eigenvalue weighted by molar-refractivity contribution is 6.02. The molecule has 0 saturated carbocycles. The Bertz CT molecular complexity index is 1140. The van der Waals surface area contributed by atoms with Crippen LogP contribution in [0.1, 0.15) is 0 Å². The number of benzene rings is 4. The van der Waals surface area contributed by atoms with E-state index in [1.165, 1.54) is 0 Å². The summed E-state index contributed by atoms with van der Waals surface area (Å²) in [5.74, 6) is 0.222. The summed E-state index contributed by atoms with van der Waals surface area (Å²) in [6.45, 7) is 0. The maximum absolute atomic E-state index is 10.2. The van der Waals surface area contributed by atoms with E-state index in [1.54, 1.807) is 36.4 Å². The first-order chi connectivity index (χ1) is 12.1. The quantitative estimate of drug-likeness (QED) is 0.339. The van der Waals surface area contributed by atoms with Gasteiger partial charge in [-0.1, -0.05) is 36.4 Å². The Balaban J connectivity index is 1.89. The summed E-state index contributed by atoms with van der Waals surface area (Å²) in [6, 6.07) is 19.4. The van der Waals surface area contributed by atoms with Crippen LogP contribution in [0.25, 0.3) is 21.5 Å². The summed E-state index contributed by atoms with van der Waals surface area (Å²) in [4.78, 5) is 0. The van der Waals surface area contributed by atoms with Gasteiger partial charge in [-0.25, -0.2) is 0 Å². The monoisotopic (exact) mass is 329 g/mol. The van der Waals surface area contributed by atoms with E-state index in [0.717, 1.165) is 16.2 Å². The normalized spacial score (nSPS) is 11.5. The summed E-state index contributed by atoms with van der Waals surface area (Å²) in [7, 11) is 0. The molecule has 0 bridgehead atoms. The second-order valence-corrected chi connectivity index (χ2v) is 5.73. The zero-order valence-electron chi connectivity index (χ0n) is 13.2. The molecule has 0 aliphatic heterocycles. The van der Waals surface area contributed by atoms with Crippen LogP contribution in [0.15, 0.2) is 77.0 Å². The number of phenols is 2. The average Bonchev–Trinajstić information content (AvgIpc) is 2.62. The molecular weight excluding hydrogens is 314 g/mol. The van der Waals surface area contributed by atoms with E-state index in [4.69, 9.17) is 5.73 Å². The first kappa shape index (κ1) is 15.0. The van der Waals surface area contributed by atoms with Gasteiger partial charge in [-0.3, -0.25) is 0 Å². The molecule has 4 aromatic rings. The molecule has 5 heteroatoms. The Morgan fingerprint density at radius 1 is 0.600 bits per heavy atom. The Hall–Kier alpha value is -3.60. The minimum Gasteiger partial charge on any atom is -0.507 e. The molecule has 0 amide bonds. The van der Waals surface area contributed by atoms with Gasteiger partial charge in [-0.05, 0) is 30.3 Å². The second-order valence-electron chi connectivity index (χ2n) is 5.73. The molecule has 4 aromatic carbocycles. The number of fused-ring (bicyclic) bond motifs is 2. The molecule has 122 valence electrons. The van der Waals surface area contributed by atoms with Crippen LogP contribution in [0.4, 0.5) is 17.1 Å². The van der Waals surface area contributed by atoms with Gasteiger partial charge in [0.15, 0.2) is 0 Å². The van der Waals surface area contributed by atoms with Crippen LogP contribution in [0.5, 0.6) is 11.5 Å². The number of hydrogen-bond acceptors (Lipinski definition) is 5. The van der Waals surface area contributed by atoms with E-state index in [2.05, 4.69) is 10.2 Å². The third-order valence-corrected chi connectivity index (χ3v) is 4.18. The summed E-state index contributed by atoms with van der Waals surface area (Å²) in [5.41, 5.74) is 7.57. The average molecular weight is 329 g/mol. The highest BCUT2D eigenvalue weighted by Crippen LogP contribution is 2.39. The number of anilines is 1. The van der Waals surface area contributed by atoms with Crippen molar-refractivity contribution in [2.45, 2.75) is 0 Å². The minimum absolute atomic E-state index is 0.0323. The zero-order valence-corrected chi connectivity index (χ0v) is 13.2. The Labute approximate surface area is 143 Å². The van der Waals surface area contributed by atoms with Gasteiger partial charge < -0.3 is 15.9 Å². The Kier molecular flexibility index (Phi) is 3.47. The van der Waals surface area contributed by atoms with Crippen molar-refractivity contribution in [3.63, 3.8) is 0 Å². The SMILES string of the molecule is Nc1cccc2c(N=Nc3cccc4c(O)cccc34)c(O)ccc12. The molecule has 0 spiro atoms. The number of nitrogens with two attached hydrogens (primary N) is 1. The number of phenolic OH excluding ortho intramolecular Hbond substituents is 2. The molecule has 0 aliphatic rings. The topological polar surface area (TPSA) is 91.2 Å². The summed E-state index contributed by atoms with van der Waals surface area (Å²) >= 11 is 0. The molecule has 5 nitrogen and oxygen atoms in total. The highest BCUT2D eigenvalue weighted by Gasteiger charge is 2.09. The molecule has 25 heavy (non-hydrogen) atoms. The number of hydrogen-bond donors (Lipinski definition) is 3. The molecule has 4 rings (SSSR count). The molecular formula is C20H15N3O2. The van der Waals surface area contributed by atoms with Gasteiger partial charge in [-0.2, -0.15) is 0 Å². The van der Waals surface area contributed by atoms with Crippen LogP contribution >= 0.6 is 0 Å². The van der Waals surface area contributed by atoms with Gasteiger partial charge in [0.25, 0.3) is 0 Å². The van der Waals surface area contributed by atoms with E-state index in [1.807, 2.05) is 30.3 Å². The van der Waals surface area contributed by atoms with Gasteiger partial charge in [0.1, 0.15) is 17.2 Å². The molecule has 0 atom stereocenters. The van der Waals surface area contributed by atoms with E-state index in [9.17, 15) is 10.2 Å². The molecule has 0 aliphatic carbocycles. The molecule has 0 fully saturated rings. The van der Waals surface area contributed by atoms with Gasteiger partial charge in [0, 0.05) is 27.2 Å². The van der Waals surface area contributed by atoms with Crippen LogP contribution in [-0.4, -0.2) is 10.2 Å². The van der Waals surface area contributed by atoms with E-state index in [-0.39, 0.29) is 11.5 Å². The van der Waals surface area contributed by atoms with Crippen molar-refractivity contribution >= 4 is 38.6 Å². The summed E-state index contributed by atoms with van der Waals surface area (Å²) in [5, 5.41) is 31.8. The fourth-order valence-corrected chi connectivity index (χ4v) is 2.93. The number of aromatic hydroxyl groups is 2. The third kappa shape index (κ3) is 2.52. The first-order valence-electron chi connectivity index (χ1n) is 7.78. The Morgan fingerprint density at radius 3 is 2.20 bits per heavy atom. The van der Waals surface area contributed by atoms with E-state index in [0.29, 0.717) is 22.4 Å². The van der Waals surface area contributed by atoms with Crippen molar-refractivity contribution < 1.29 is 10.2 Å². The van der Waals surface area contributed by atoms with Crippen molar-refractivity contribution in [2.75, 3.05) is 5.73 Å². The Morgan fingerprint density at radius 2 is 1.32 bits per heavy atom. The summed E-state index contributed by atoms with van der Waals surface area (Å²) in [6.07, 6.45) is 0. The highest BCUT2D eigenvalue weighted by atomic mass is 16.3. The van der Waals surface area contributed by atoms with Crippen molar-refractivity contribution in [3.05, 3.63) is 66.7 Å². The van der Waals surface area contributed by atoms with Crippen LogP contribution < -0.4 is 5.73 Å². The standard InChI is InChI=1S/C20H15N3O2/c21-16-7-1-6-15-12(16)10-11-19(25)20(15)23-22-17-8-2-5-14-13(17)4-3-9-18(14)24/h1-11,24-25H,21H2. The molecule has 0 unspecified atom stereocenters. The van der Waals surface area contributed by atoms with E-state index < -0.39 is 0 Å². The van der Waals surface area contributed by atoms with Gasteiger partial charge >= 0.3 is 0 Å². The first-order valence-corrected chi connectivity index (χ1v) is 7.78. The molecule has 0 aromatic heterocycles. The van der Waals surface area contributed by atoms with Crippen molar-refractivity contribution in [1.82, 2.24) is 0 Å². The lowest BCUT2D eigenvalue weighted by atomic mass is 10.1. The predicted molar refractivity (Wildman–Crippen MR) is 99.8 cm³/mol. The van der Waals surface area contributed by atoms with Crippen LogP contribution in [0.2, 0.25) is 0 Å².